The topological polar surface area (TPSA) is 15.3 Å². The highest BCUT2D eigenvalue weighted by Crippen LogP contribution is 2.34. The van der Waals surface area contributed by atoms with Gasteiger partial charge in [-0.2, -0.15) is 0 Å². The Balaban J connectivity index is 1.68. The number of aryl methyl sites for hydroxylation is 1. The summed E-state index contributed by atoms with van der Waals surface area (Å²) < 4.78 is 0. The molecule has 18 heavy (non-hydrogen) atoms. The molecule has 2 fully saturated rings. The van der Waals surface area contributed by atoms with Gasteiger partial charge in [0.25, 0.3) is 0 Å². The van der Waals surface area contributed by atoms with E-state index in [1.165, 1.54) is 35.4 Å². The third-order valence-corrected chi connectivity index (χ3v) is 5.98. The largest absolute Gasteiger partial charge is 0.311 e. The van der Waals surface area contributed by atoms with Crippen LogP contribution in [0.3, 0.4) is 0 Å². The lowest BCUT2D eigenvalue weighted by Gasteiger charge is -2.38. The van der Waals surface area contributed by atoms with Crippen LogP contribution < -0.4 is 5.32 Å². The Morgan fingerprint density at radius 2 is 1.94 bits per heavy atom. The molecule has 2 nitrogen and oxygen atoms in total. The van der Waals surface area contributed by atoms with E-state index >= 15 is 0 Å². The molecular formula is C15H24N2S. The average Bonchev–Trinajstić information content (AvgIpc) is 2.94. The van der Waals surface area contributed by atoms with E-state index < -0.39 is 0 Å². The van der Waals surface area contributed by atoms with Gasteiger partial charge in [0.15, 0.2) is 0 Å². The molecule has 0 radical (unpaired) electrons. The van der Waals surface area contributed by atoms with Gasteiger partial charge in [-0.3, -0.25) is 4.90 Å². The molecule has 100 valence electrons. The SMILES string of the molecule is Cc1ccc(C(C)N(C)C2CC3CCC(C2)N3)s1. The van der Waals surface area contributed by atoms with Crippen molar-refractivity contribution < 1.29 is 0 Å². The first-order valence-electron chi connectivity index (χ1n) is 7.18. The van der Waals surface area contributed by atoms with Crippen LogP contribution in [-0.4, -0.2) is 30.1 Å². The number of hydrogen-bond donors (Lipinski definition) is 1. The van der Waals surface area contributed by atoms with Gasteiger partial charge >= 0.3 is 0 Å². The Kier molecular flexibility index (Phi) is 3.48. The number of fused-ring (bicyclic) bond motifs is 2. The first-order chi connectivity index (χ1) is 8.63. The van der Waals surface area contributed by atoms with Crippen molar-refractivity contribution in [2.75, 3.05) is 7.05 Å². The van der Waals surface area contributed by atoms with Crippen LogP contribution in [0.25, 0.3) is 0 Å². The number of thiophene rings is 1. The smallest absolute Gasteiger partial charge is 0.0413 e. The molecule has 1 aromatic rings. The van der Waals surface area contributed by atoms with Crippen molar-refractivity contribution in [3.63, 3.8) is 0 Å². The van der Waals surface area contributed by atoms with E-state index in [9.17, 15) is 0 Å². The van der Waals surface area contributed by atoms with Gasteiger partial charge in [-0.05, 0) is 58.7 Å². The molecule has 0 spiro atoms. The molecule has 3 heterocycles. The van der Waals surface area contributed by atoms with Crippen molar-refractivity contribution in [3.8, 4) is 0 Å². The van der Waals surface area contributed by atoms with E-state index in [1.54, 1.807) is 0 Å². The second-order valence-electron chi connectivity index (χ2n) is 6.05. The summed E-state index contributed by atoms with van der Waals surface area (Å²) in [5.74, 6) is 0. The summed E-state index contributed by atoms with van der Waals surface area (Å²) in [5, 5.41) is 3.73. The van der Waals surface area contributed by atoms with E-state index in [1.807, 2.05) is 11.3 Å². The number of nitrogens with zero attached hydrogens (tertiary/aromatic N) is 1. The second kappa shape index (κ2) is 4.95. The van der Waals surface area contributed by atoms with E-state index in [0.29, 0.717) is 6.04 Å². The van der Waals surface area contributed by atoms with Crippen LogP contribution in [0.2, 0.25) is 0 Å². The molecule has 2 aliphatic heterocycles. The zero-order chi connectivity index (χ0) is 12.7. The maximum Gasteiger partial charge on any atom is 0.0413 e. The summed E-state index contributed by atoms with van der Waals surface area (Å²) in [5.41, 5.74) is 0. The first kappa shape index (κ1) is 12.6. The van der Waals surface area contributed by atoms with Crippen LogP contribution in [0.15, 0.2) is 12.1 Å². The molecule has 2 aliphatic rings. The molecule has 2 saturated heterocycles. The molecular weight excluding hydrogens is 240 g/mol. The summed E-state index contributed by atoms with van der Waals surface area (Å²) in [7, 11) is 2.31. The lowest BCUT2D eigenvalue weighted by molar-refractivity contribution is 0.134. The van der Waals surface area contributed by atoms with E-state index in [-0.39, 0.29) is 0 Å². The highest BCUT2D eigenvalue weighted by molar-refractivity contribution is 7.12. The van der Waals surface area contributed by atoms with Crippen LogP contribution in [0.5, 0.6) is 0 Å². The average molecular weight is 264 g/mol. The number of rotatable bonds is 3. The summed E-state index contributed by atoms with van der Waals surface area (Å²) in [6, 6.07) is 7.45. The van der Waals surface area contributed by atoms with Crippen LogP contribution in [0.4, 0.5) is 0 Å². The molecule has 0 saturated carbocycles. The summed E-state index contributed by atoms with van der Waals surface area (Å²) in [4.78, 5) is 5.55. The monoisotopic (exact) mass is 264 g/mol. The summed E-state index contributed by atoms with van der Waals surface area (Å²) >= 11 is 1.95. The molecule has 1 aromatic heterocycles. The van der Waals surface area contributed by atoms with E-state index in [0.717, 1.165) is 18.1 Å². The Labute approximate surface area is 114 Å². The fourth-order valence-corrected chi connectivity index (χ4v) is 4.54. The number of nitrogens with one attached hydrogen (secondary N) is 1. The predicted octanol–water partition coefficient (Wildman–Crippen LogP) is 3.33. The van der Waals surface area contributed by atoms with Gasteiger partial charge in [-0.15, -0.1) is 11.3 Å². The lowest BCUT2D eigenvalue weighted by Crippen LogP contribution is -2.47. The van der Waals surface area contributed by atoms with Crippen LogP contribution in [-0.2, 0) is 0 Å². The van der Waals surface area contributed by atoms with Gasteiger partial charge in [-0.25, -0.2) is 0 Å². The second-order valence-corrected chi connectivity index (χ2v) is 7.37. The van der Waals surface area contributed by atoms with Crippen LogP contribution >= 0.6 is 11.3 Å². The van der Waals surface area contributed by atoms with Crippen molar-refractivity contribution in [1.82, 2.24) is 10.2 Å². The molecule has 0 aromatic carbocycles. The van der Waals surface area contributed by atoms with Crippen molar-refractivity contribution in [1.29, 1.82) is 0 Å². The molecule has 0 aliphatic carbocycles. The Bertz CT molecular complexity index is 402. The third kappa shape index (κ3) is 2.36. The van der Waals surface area contributed by atoms with Crippen molar-refractivity contribution in [3.05, 3.63) is 21.9 Å². The number of piperidine rings is 1. The van der Waals surface area contributed by atoms with Crippen molar-refractivity contribution in [2.24, 2.45) is 0 Å². The zero-order valence-electron chi connectivity index (χ0n) is 11.6. The Morgan fingerprint density at radius 1 is 1.28 bits per heavy atom. The molecule has 2 bridgehead atoms. The standard InChI is InChI=1S/C15H24N2S/c1-10-4-7-15(18-10)11(2)17(3)14-8-12-5-6-13(9-14)16-12/h4,7,11-14,16H,5-6,8-9H2,1-3H3. The lowest BCUT2D eigenvalue weighted by atomic mass is 9.97. The van der Waals surface area contributed by atoms with Gasteiger partial charge in [0.2, 0.25) is 0 Å². The van der Waals surface area contributed by atoms with E-state index in [2.05, 4.69) is 43.2 Å². The molecule has 0 amide bonds. The molecule has 3 heteroatoms. The maximum absolute atomic E-state index is 3.73. The quantitative estimate of drug-likeness (QED) is 0.901. The Hall–Kier alpha value is -0.380. The maximum atomic E-state index is 3.73. The Morgan fingerprint density at radius 3 is 2.50 bits per heavy atom. The highest BCUT2D eigenvalue weighted by atomic mass is 32.1. The number of hydrogen-bond acceptors (Lipinski definition) is 3. The predicted molar refractivity (Wildman–Crippen MR) is 78.2 cm³/mol. The van der Waals surface area contributed by atoms with Gasteiger partial charge in [-0.1, -0.05) is 0 Å². The zero-order valence-corrected chi connectivity index (χ0v) is 12.5. The van der Waals surface area contributed by atoms with E-state index in [4.69, 9.17) is 0 Å². The molecule has 3 rings (SSSR count). The molecule has 3 unspecified atom stereocenters. The highest BCUT2D eigenvalue weighted by Gasteiger charge is 2.36. The summed E-state index contributed by atoms with van der Waals surface area (Å²) in [6.07, 6.45) is 5.45. The van der Waals surface area contributed by atoms with Crippen LogP contribution in [0.1, 0.15) is 48.4 Å². The molecule has 1 N–H and O–H groups in total. The van der Waals surface area contributed by atoms with Crippen molar-refractivity contribution in [2.45, 2.75) is 63.7 Å². The van der Waals surface area contributed by atoms with Gasteiger partial charge < -0.3 is 5.32 Å². The van der Waals surface area contributed by atoms with Crippen LogP contribution in [0, 0.1) is 6.92 Å². The molecule has 3 atom stereocenters. The third-order valence-electron chi connectivity index (χ3n) is 4.81. The van der Waals surface area contributed by atoms with Crippen molar-refractivity contribution >= 4 is 11.3 Å². The first-order valence-corrected chi connectivity index (χ1v) is 7.99. The van der Waals surface area contributed by atoms with Gasteiger partial charge in [0, 0.05) is 33.9 Å². The normalized spacial score (nSPS) is 33.0. The minimum atomic E-state index is 0.561. The fraction of sp³-hybridized carbons (Fsp3) is 0.733. The van der Waals surface area contributed by atoms with Gasteiger partial charge in [0.05, 0.1) is 0 Å². The summed E-state index contributed by atoms with van der Waals surface area (Å²) in [6.45, 7) is 4.56. The minimum absolute atomic E-state index is 0.561. The van der Waals surface area contributed by atoms with Gasteiger partial charge in [0.1, 0.15) is 0 Å². The fourth-order valence-electron chi connectivity index (χ4n) is 3.55. The minimum Gasteiger partial charge on any atom is -0.311 e.